The summed E-state index contributed by atoms with van der Waals surface area (Å²) in [6.45, 7) is 4.23. The molecule has 1 fully saturated rings. The predicted octanol–water partition coefficient (Wildman–Crippen LogP) is 3.21. The first-order valence-electron chi connectivity index (χ1n) is 7.06. The largest absolute Gasteiger partial charge is 0.468 e. The highest BCUT2D eigenvalue weighted by Gasteiger charge is 2.40. The zero-order chi connectivity index (χ0) is 14.8. The Hall–Kier alpha value is -1.00. The van der Waals surface area contributed by atoms with Gasteiger partial charge in [-0.05, 0) is 51.2 Å². The summed E-state index contributed by atoms with van der Waals surface area (Å²) in [7, 11) is 1.42. The summed E-state index contributed by atoms with van der Waals surface area (Å²) in [5.41, 5.74) is 7.98. The smallest absolute Gasteiger partial charge is 0.325 e. The summed E-state index contributed by atoms with van der Waals surface area (Å²) in [6, 6.07) is 6.49. The van der Waals surface area contributed by atoms with Crippen LogP contribution < -0.4 is 5.73 Å². The van der Waals surface area contributed by atoms with Crippen molar-refractivity contribution >= 4 is 17.7 Å². The van der Waals surface area contributed by atoms with E-state index in [1.807, 2.05) is 11.8 Å². The monoisotopic (exact) mass is 293 g/mol. The van der Waals surface area contributed by atoms with Crippen molar-refractivity contribution < 1.29 is 9.53 Å². The quantitative estimate of drug-likeness (QED) is 0.870. The average molecular weight is 293 g/mol. The Kier molecular flexibility index (Phi) is 4.76. The normalized spacial score (nSPS) is 26.3. The van der Waals surface area contributed by atoms with E-state index in [4.69, 9.17) is 10.5 Å². The average Bonchev–Trinajstić information content (AvgIpc) is 2.42. The van der Waals surface area contributed by atoms with Crippen LogP contribution in [0, 0.1) is 13.8 Å². The van der Waals surface area contributed by atoms with Crippen LogP contribution in [0.15, 0.2) is 23.1 Å². The number of aryl methyl sites for hydroxylation is 2. The molecule has 2 unspecified atom stereocenters. The molecule has 0 radical (unpaired) electrons. The van der Waals surface area contributed by atoms with E-state index in [-0.39, 0.29) is 5.97 Å². The SMILES string of the molecule is COC(=O)C1(N)CCCC(Sc2cc(C)ccc2C)C1. The van der Waals surface area contributed by atoms with Gasteiger partial charge in [0, 0.05) is 10.1 Å². The zero-order valence-corrected chi connectivity index (χ0v) is 13.3. The Bertz CT molecular complexity index is 503. The van der Waals surface area contributed by atoms with Crippen molar-refractivity contribution in [3.8, 4) is 0 Å². The lowest BCUT2D eigenvalue weighted by molar-refractivity contribution is -0.148. The van der Waals surface area contributed by atoms with Crippen LogP contribution in [0.4, 0.5) is 0 Å². The number of carbonyl (C=O) groups is 1. The highest BCUT2D eigenvalue weighted by molar-refractivity contribution is 8.00. The summed E-state index contributed by atoms with van der Waals surface area (Å²) in [4.78, 5) is 13.1. The molecule has 20 heavy (non-hydrogen) atoms. The van der Waals surface area contributed by atoms with Crippen molar-refractivity contribution in [1.29, 1.82) is 0 Å². The van der Waals surface area contributed by atoms with Crippen LogP contribution in [-0.4, -0.2) is 23.9 Å². The molecule has 2 rings (SSSR count). The van der Waals surface area contributed by atoms with Gasteiger partial charge in [0.05, 0.1) is 7.11 Å². The van der Waals surface area contributed by atoms with Gasteiger partial charge < -0.3 is 10.5 Å². The van der Waals surface area contributed by atoms with Crippen LogP contribution in [-0.2, 0) is 9.53 Å². The van der Waals surface area contributed by atoms with E-state index >= 15 is 0 Å². The summed E-state index contributed by atoms with van der Waals surface area (Å²) in [5, 5.41) is 0.383. The zero-order valence-electron chi connectivity index (χ0n) is 12.4. The van der Waals surface area contributed by atoms with E-state index in [0.29, 0.717) is 11.7 Å². The second-order valence-electron chi connectivity index (χ2n) is 5.75. The van der Waals surface area contributed by atoms with Crippen molar-refractivity contribution in [3.05, 3.63) is 29.3 Å². The van der Waals surface area contributed by atoms with Gasteiger partial charge in [-0.1, -0.05) is 17.7 Å². The molecule has 0 aliphatic heterocycles. The van der Waals surface area contributed by atoms with Crippen molar-refractivity contribution in [2.75, 3.05) is 7.11 Å². The molecule has 1 aromatic carbocycles. The number of hydrogen-bond acceptors (Lipinski definition) is 4. The number of nitrogens with two attached hydrogens (primary N) is 1. The van der Waals surface area contributed by atoms with Gasteiger partial charge in [0.15, 0.2) is 0 Å². The van der Waals surface area contributed by atoms with Gasteiger partial charge >= 0.3 is 5.97 Å². The lowest BCUT2D eigenvalue weighted by atomic mass is 9.82. The van der Waals surface area contributed by atoms with Gasteiger partial charge in [0.2, 0.25) is 0 Å². The molecule has 0 spiro atoms. The number of benzene rings is 1. The van der Waals surface area contributed by atoms with Crippen LogP contribution in [0.25, 0.3) is 0 Å². The molecule has 110 valence electrons. The van der Waals surface area contributed by atoms with Crippen LogP contribution in [0.3, 0.4) is 0 Å². The number of carbonyl (C=O) groups excluding carboxylic acids is 1. The van der Waals surface area contributed by atoms with Crippen LogP contribution in [0.2, 0.25) is 0 Å². The molecule has 0 amide bonds. The minimum atomic E-state index is -0.803. The Morgan fingerprint density at radius 3 is 2.90 bits per heavy atom. The number of rotatable bonds is 3. The molecule has 2 N–H and O–H groups in total. The molecule has 3 nitrogen and oxygen atoms in total. The summed E-state index contributed by atoms with van der Waals surface area (Å²) < 4.78 is 4.86. The molecule has 1 saturated carbocycles. The molecule has 0 heterocycles. The van der Waals surface area contributed by atoms with Crippen molar-refractivity contribution in [2.45, 2.75) is 55.2 Å². The number of methoxy groups -OCH3 is 1. The minimum absolute atomic E-state index is 0.274. The van der Waals surface area contributed by atoms with Gasteiger partial charge in [0.1, 0.15) is 5.54 Å². The molecule has 0 bridgehead atoms. The third kappa shape index (κ3) is 3.36. The molecular weight excluding hydrogens is 270 g/mol. The van der Waals surface area contributed by atoms with E-state index in [1.165, 1.54) is 23.1 Å². The lowest BCUT2D eigenvalue weighted by Crippen LogP contribution is -2.52. The third-order valence-electron chi connectivity index (χ3n) is 3.97. The first-order valence-corrected chi connectivity index (χ1v) is 7.94. The second kappa shape index (κ2) is 6.19. The summed E-state index contributed by atoms with van der Waals surface area (Å²) in [6.07, 6.45) is 3.50. The summed E-state index contributed by atoms with van der Waals surface area (Å²) in [5.74, 6) is -0.274. The third-order valence-corrected chi connectivity index (χ3v) is 5.40. The van der Waals surface area contributed by atoms with Gasteiger partial charge in [-0.25, -0.2) is 0 Å². The maximum Gasteiger partial charge on any atom is 0.325 e. The number of hydrogen-bond donors (Lipinski definition) is 1. The predicted molar refractivity (Wildman–Crippen MR) is 83.0 cm³/mol. The molecule has 1 aliphatic carbocycles. The Balaban J connectivity index is 2.10. The fraction of sp³-hybridized carbons (Fsp3) is 0.562. The van der Waals surface area contributed by atoms with Crippen LogP contribution in [0.1, 0.15) is 36.8 Å². The number of esters is 1. The Morgan fingerprint density at radius 2 is 2.20 bits per heavy atom. The molecule has 1 aromatic rings. The van der Waals surface area contributed by atoms with Crippen molar-refractivity contribution in [2.24, 2.45) is 5.73 Å². The summed E-state index contributed by atoms with van der Waals surface area (Å²) >= 11 is 1.85. The first-order chi connectivity index (χ1) is 9.44. The van der Waals surface area contributed by atoms with E-state index in [2.05, 4.69) is 32.0 Å². The fourth-order valence-electron chi connectivity index (χ4n) is 2.76. The second-order valence-corrected chi connectivity index (χ2v) is 7.10. The van der Waals surface area contributed by atoms with Crippen LogP contribution in [0.5, 0.6) is 0 Å². The topological polar surface area (TPSA) is 52.3 Å². The highest BCUT2D eigenvalue weighted by Crippen LogP contribution is 2.39. The molecule has 2 atom stereocenters. The fourth-order valence-corrected chi connectivity index (χ4v) is 4.29. The maximum absolute atomic E-state index is 11.9. The van der Waals surface area contributed by atoms with Gasteiger partial charge in [-0.15, -0.1) is 11.8 Å². The highest BCUT2D eigenvalue weighted by atomic mass is 32.2. The van der Waals surface area contributed by atoms with E-state index in [1.54, 1.807) is 0 Å². The van der Waals surface area contributed by atoms with E-state index in [0.717, 1.165) is 19.3 Å². The minimum Gasteiger partial charge on any atom is -0.468 e. The standard InChI is InChI=1S/C16H23NO2S/c1-11-6-7-12(2)14(9-11)20-13-5-4-8-16(17,10-13)15(18)19-3/h6-7,9,13H,4-5,8,10,17H2,1-3H3. The van der Waals surface area contributed by atoms with Crippen LogP contribution >= 0.6 is 11.8 Å². The Morgan fingerprint density at radius 1 is 1.45 bits per heavy atom. The number of ether oxygens (including phenoxy) is 1. The maximum atomic E-state index is 11.9. The Labute approximate surface area is 125 Å². The molecule has 1 aliphatic rings. The molecular formula is C16H23NO2S. The van der Waals surface area contributed by atoms with Gasteiger partial charge in [-0.3, -0.25) is 4.79 Å². The van der Waals surface area contributed by atoms with Crippen molar-refractivity contribution in [3.63, 3.8) is 0 Å². The molecule has 0 aromatic heterocycles. The van der Waals surface area contributed by atoms with E-state index < -0.39 is 5.54 Å². The lowest BCUT2D eigenvalue weighted by Gasteiger charge is -2.35. The molecule has 0 saturated heterocycles. The van der Waals surface area contributed by atoms with Gasteiger partial charge in [-0.2, -0.15) is 0 Å². The number of thioether (sulfide) groups is 1. The first kappa shape index (κ1) is 15.4. The van der Waals surface area contributed by atoms with E-state index in [9.17, 15) is 4.79 Å². The molecule has 4 heteroatoms. The van der Waals surface area contributed by atoms with Crippen molar-refractivity contribution in [1.82, 2.24) is 0 Å². The van der Waals surface area contributed by atoms with Gasteiger partial charge in [0.25, 0.3) is 0 Å².